The number of nitrogens with zero attached hydrogens (tertiary/aromatic N) is 2. The molecule has 4 nitrogen and oxygen atoms in total. The standard InChI is InChI=1S/C10H14N2O2S/c1-9-6-4-5-7-10(9)8-11-15(13,14)12(2)3/h4-8H,1-3H3/b11-8+. The molecule has 0 amide bonds. The van der Waals surface area contributed by atoms with Crippen molar-refractivity contribution in [3.63, 3.8) is 0 Å². The van der Waals surface area contributed by atoms with Crippen molar-refractivity contribution < 1.29 is 8.42 Å². The molecular weight excluding hydrogens is 212 g/mol. The zero-order valence-corrected chi connectivity index (χ0v) is 9.82. The van der Waals surface area contributed by atoms with Gasteiger partial charge in [-0.05, 0) is 18.1 Å². The van der Waals surface area contributed by atoms with Crippen molar-refractivity contribution in [3.05, 3.63) is 35.4 Å². The van der Waals surface area contributed by atoms with Crippen LogP contribution in [0.3, 0.4) is 0 Å². The van der Waals surface area contributed by atoms with Gasteiger partial charge in [-0.25, -0.2) is 0 Å². The number of aryl methyl sites for hydroxylation is 1. The first-order chi connectivity index (χ1) is 6.93. The molecule has 0 aliphatic rings. The van der Waals surface area contributed by atoms with Gasteiger partial charge in [0.15, 0.2) is 0 Å². The molecule has 5 heteroatoms. The smallest absolute Gasteiger partial charge is 0.189 e. The molecule has 0 atom stereocenters. The lowest BCUT2D eigenvalue weighted by Crippen LogP contribution is -2.19. The Balaban J connectivity index is 2.98. The first-order valence-electron chi connectivity index (χ1n) is 4.47. The van der Waals surface area contributed by atoms with Crippen molar-refractivity contribution in [2.24, 2.45) is 4.40 Å². The van der Waals surface area contributed by atoms with Gasteiger partial charge in [-0.15, -0.1) is 0 Å². The second-order valence-electron chi connectivity index (χ2n) is 3.35. The van der Waals surface area contributed by atoms with E-state index < -0.39 is 10.2 Å². The predicted octanol–water partition coefficient (Wildman–Crippen LogP) is 1.22. The third kappa shape index (κ3) is 3.14. The van der Waals surface area contributed by atoms with Gasteiger partial charge in [-0.1, -0.05) is 24.3 Å². The van der Waals surface area contributed by atoms with Crippen LogP contribution in [0.5, 0.6) is 0 Å². The Morgan fingerprint density at radius 3 is 2.40 bits per heavy atom. The van der Waals surface area contributed by atoms with Crippen LogP contribution in [0.25, 0.3) is 0 Å². The lowest BCUT2D eigenvalue weighted by molar-refractivity contribution is 0.523. The van der Waals surface area contributed by atoms with Crippen molar-refractivity contribution in [2.45, 2.75) is 6.92 Å². The Labute approximate surface area is 90.4 Å². The van der Waals surface area contributed by atoms with E-state index in [1.165, 1.54) is 20.3 Å². The molecular formula is C10H14N2O2S. The van der Waals surface area contributed by atoms with Gasteiger partial charge >= 0.3 is 10.2 Å². The van der Waals surface area contributed by atoms with Crippen LogP contribution < -0.4 is 0 Å². The zero-order chi connectivity index (χ0) is 11.5. The zero-order valence-electron chi connectivity index (χ0n) is 9.01. The molecule has 0 heterocycles. The Morgan fingerprint density at radius 2 is 1.87 bits per heavy atom. The minimum atomic E-state index is -3.51. The summed E-state index contributed by atoms with van der Waals surface area (Å²) in [6, 6.07) is 7.47. The fourth-order valence-electron chi connectivity index (χ4n) is 0.949. The molecule has 82 valence electrons. The minimum Gasteiger partial charge on any atom is -0.189 e. The molecule has 15 heavy (non-hydrogen) atoms. The molecule has 0 aliphatic carbocycles. The maximum absolute atomic E-state index is 11.3. The quantitative estimate of drug-likeness (QED) is 0.728. The normalized spacial score (nSPS) is 12.5. The average molecular weight is 226 g/mol. The highest BCUT2D eigenvalue weighted by Gasteiger charge is 2.09. The van der Waals surface area contributed by atoms with Crippen molar-refractivity contribution in [1.82, 2.24) is 4.31 Å². The third-order valence-corrected chi connectivity index (χ3v) is 3.27. The molecule has 1 aromatic carbocycles. The maximum Gasteiger partial charge on any atom is 0.321 e. The Morgan fingerprint density at radius 1 is 1.27 bits per heavy atom. The van der Waals surface area contributed by atoms with E-state index >= 15 is 0 Å². The number of hydrogen-bond acceptors (Lipinski definition) is 2. The number of rotatable bonds is 3. The van der Waals surface area contributed by atoms with Crippen LogP contribution in [0.2, 0.25) is 0 Å². The molecule has 0 spiro atoms. The number of benzene rings is 1. The molecule has 1 rings (SSSR count). The van der Waals surface area contributed by atoms with Gasteiger partial charge in [0.2, 0.25) is 0 Å². The summed E-state index contributed by atoms with van der Waals surface area (Å²) in [7, 11) is -0.613. The van der Waals surface area contributed by atoms with Crippen LogP contribution in [0.4, 0.5) is 0 Å². The highest BCUT2D eigenvalue weighted by Crippen LogP contribution is 2.05. The van der Waals surface area contributed by atoms with Crippen LogP contribution in [0.15, 0.2) is 28.7 Å². The van der Waals surface area contributed by atoms with Crippen LogP contribution >= 0.6 is 0 Å². The van der Waals surface area contributed by atoms with Gasteiger partial charge in [-0.3, -0.25) is 0 Å². The summed E-state index contributed by atoms with van der Waals surface area (Å²) in [4.78, 5) is 0. The van der Waals surface area contributed by atoms with E-state index in [1.54, 1.807) is 0 Å². The van der Waals surface area contributed by atoms with E-state index in [2.05, 4.69) is 4.40 Å². The third-order valence-electron chi connectivity index (χ3n) is 1.97. The summed E-state index contributed by atoms with van der Waals surface area (Å²) >= 11 is 0. The lowest BCUT2D eigenvalue weighted by Gasteiger charge is -2.05. The number of hydrogen-bond donors (Lipinski definition) is 0. The summed E-state index contributed by atoms with van der Waals surface area (Å²) in [5.74, 6) is 0. The molecule has 1 aromatic rings. The first kappa shape index (κ1) is 11.9. The van der Waals surface area contributed by atoms with Gasteiger partial charge in [0, 0.05) is 20.3 Å². The summed E-state index contributed by atoms with van der Waals surface area (Å²) in [5, 5.41) is 0. The fraction of sp³-hybridized carbons (Fsp3) is 0.300. The molecule has 0 aliphatic heterocycles. The van der Waals surface area contributed by atoms with Crippen molar-refractivity contribution in [3.8, 4) is 0 Å². The molecule has 0 saturated carbocycles. The lowest BCUT2D eigenvalue weighted by atomic mass is 10.1. The minimum absolute atomic E-state index is 0.808. The van der Waals surface area contributed by atoms with E-state index in [0.717, 1.165) is 15.4 Å². The summed E-state index contributed by atoms with van der Waals surface area (Å²) in [5.41, 5.74) is 1.80. The predicted molar refractivity (Wildman–Crippen MR) is 61.4 cm³/mol. The Bertz CT molecular complexity index is 464. The summed E-state index contributed by atoms with van der Waals surface area (Å²) in [6.07, 6.45) is 1.37. The molecule has 0 saturated heterocycles. The van der Waals surface area contributed by atoms with E-state index in [1.807, 2.05) is 31.2 Å². The Kier molecular flexibility index (Phi) is 3.60. The van der Waals surface area contributed by atoms with Gasteiger partial charge in [0.25, 0.3) is 0 Å². The largest absolute Gasteiger partial charge is 0.321 e. The van der Waals surface area contributed by atoms with Crippen molar-refractivity contribution in [2.75, 3.05) is 14.1 Å². The van der Waals surface area contributed by atoms with Gasteiger partial charge in [0.1, 0.15) is 0 Å². The highest BCUT2D eigenvalue weighted by molar-refractivity contribution is 7.87. The molecule has 0 fully saturated rings. The monoisotopic (exact) mass is 226 g/mol. The molecule has 0 bridgehead atoms. The second-order valence-corrected chi connectivity index (χ2v) is 5.19. The van der Waals surface area contributed by atoms with Gasteiger partial charge in [-0.2, -0.15) is 17.1 Å². The highest BCUT2D eigenvalue weighted by atomic mass is 32.2. The summed E-state index contributed by atoms with van der Waals surface area (Å²) < 4.78 is 27.3. The Hall–Kier alpha value is -1.20. The van der Waals surface area contributed by atoms with Crippen LogP contribution in [-0.4, -0.2) is 33.0 Å². The summed E-state index contributed by atoms with van der Waals surface area (Å²) in [6.45, 7) is 1.91. The van der Waals surface area contributed by atoms with Crippen LogP contribution in [0.1, 0.15) is 11.1 Å². The molecule has 0 aromatic heterocycles. The van der Waals surface area contributed by atoms with E-state index in [9.17, 15) is 8.42 Å². The molecule has 0 N–H and O–H groups in total. The molecule has 0 unspecified atom stereocenters. The fourth-order valence-corrected chi connectivity index (χ4v) is 1.38. The van der Waals surface area contributed by atoms with E-state index in [0.29, 0.717) is 0 Å². The molecule has 0 radical (unpaired) electrons. The van der Waals surface area contributed by atoms with Crippen molar-refractivity contribution in [1.29, 1.82) is 0 Å². The van der Waals surface area contributed by atoms with E-state index in [-0.39, 0.29) is 0 Å². The topological polar surface area (TPSA) is 49.7 Å². The maximum atomic E-state index is 11.3. The van der Waals surface area contributed by atoms with E-state index in [4.69, 9.17) is 0 Å². The second kappa shape index (κ2) is 4.55. The average Bonchev–Trinajstić information content (AvgIpc) is 2.16. The van der Waals surface area contributed by atoms with Gasteiger partial charge < -0.3 is 0 Å². The van der Waals surface area contributed by atoms with Crippen molar-refractivity contribution >= 4 is 16.4 Å². The van der Waals surface area contributed by atoms with Gasteiger partial charge in [0.05, 0.1) is 0 Å². The van der Waals surface area contributed by atoms with Crippen LogP contribution in [-0.2, 0) is 10.2 Å². The first-order valence-corrected chi connectivity index (χ1v) is 5.86. The SMILES string of the molecule is Cc1ccccc1/C=N/S(=O)(=O)N(C)C. The van der Waals surface area contributed by atoms with Crippen LogP contribution in [0, 0.1) is 6.92 Å².